The van der Waals surface area contributed by atoms with Crippen LogP contribution in [0.2, 0.25) is 0 Å². The number of fused-ring (bicyclic) bond motifs is 1. The lowest BCUT2D eigenvalue weighted by molar-refractivity contribution is 0.0905. The van der Waals surface area contributed by atoms with Crippen molar-refractivity contribution < 1.29 is 4.74 Å². The van der Waals surface area contributed by atoms with Gasteiger partial charge < -0.3 is 10.1 Å². The maximum Gasteiger partial charge on any atom is 0.0485 e. The first-order valence-corrected chi connectivity index (χ1v) is 6.25. The minimum absolute atomic E-state index is 0.551. The van der Waals surface area contributed by atoms with Crippen LogP contribution in [0.5, 0.6) is 0 Å². The highest BCUT2D eigenvalue weighted by Crippen LogP contribution is 2.25. The second-order valence-electron chi connectivity index (χ2n) is 4.56. The molecule has 0 radical (unpaired) electrons. The molecule has 2 aromatic carbocycles. The number of benzene rings is 2. The Balaban J connectivity index is 1.89. The Labute approximate surface area is 102 Å². The lowest BCUT2D eigenvalue weighted by Gasteiger charge is -2.24. The molecule has 88 valence electrons. The molecule has 1 aliphatic heterocycles. The Hall–Kier alpha value is -1.54. The molecule has 3 rings (SSSR count). The highest BCUT2D eigenvalue weighted by molar-refractivity contribution is 5.93. The molecule has 0 bridgehead atoms. The first-order valence-electron chi connectivity index (χ1n) is 6.25. The van der Waals surface area contributed by atoms with Crippen molar-refractivity contribution in [2.45, 2.75) is 18.9 Å². The number of ether oxygens (including phenoxy) is 1. The predicted molar refractivity (Wildman–Crippen MR) is 71.4 cm³/mol. The third-order valence-corrected chi connectivity index (χ3v) is 3.37. The van der Waals surface area contributed by atoms with Crippen LogP contribution in [0.3, 0.4) is 0 Å². The average Bonchev–Trinajstić information content (AvgIpc) is 2.40. The number of hydrogen-bond donors (Lipinski definition) is 1. The fourth-order valence-electron chi connectivity index (χ4n) is 2.41. The third kappa shape index (κ3) is 2.27. The van der Waals surface area contributed by atoms with Crippen molar-refractivity contribution in [2.75, 3.05) is 18.5 Å². The van der Waals surface area contributed by atoms with Gasteiger partial charge in [-0.05, 0) is 24.3 Å². The summed E-state index contributed by atoms with van der Waals surface area (Å²) >= 11 is 0. The van der Waals surface area contributed by atoms with Gasteiger partial charge >= 0.3 is 0 Å². The van der Waals surface area contributed by atoms with E-state index in [-0.39, 0.29) is 0 Å². The molecule has 1 heterocycles. The smallest absolute Gasteiger partial charge is 0.0485 e. The zero-order chi connectivity index (χ0) is 11.5. The molecule has 1 N–H and O–H groups in total. The topological polar surface area (TPSA) is 21.3 Å². The quantitative estimate of drug-likeness (QED) is 0.848. The van der Waals surface area contributed by atoms with Gasteiger partial charge in [0, 0.05) is 30.3 Å². The third-order valence-electron chi connectivity index (χ3n) is 3.37. The maximum atomic E-state index is 5.38. The molecule has 1 aliphatic rings. The van der Waals surface area contributed by atoms with Gasteiger partial charge in [-0.2, -0.15) is 0 Å². The minimum atomic E-state index is 0.551. The van der Waals surface area contributed by atoms with Gasteiger partial charge in [0.25, 0.3) is 0 Å². The molecule has 0 spiro atoms. The van der Waals surface area contributed by atoms with Gasteiger partial charge in [0.05, 0.1) is 0 Å². The van der Waals surface area contributed by atoms with Gasteiger partial charge in [-0.25, -0.2) is 0 Å². The normalized spacial score (nSPS) is 17.2. The summed E-state index contributed by atoms with van der Waals surface area (Å²) < 4.78 is 5.38. The standard InChI is InChI=1S/C15H17NO/c1-2-6-14-12(4-1)5-3-7-15(14)16-13-8-10-17-11-9-13/h1-7,13,16H,8-11H2. The van der Waals surface area contributed by atoms with Crippen LogP contribution in [0.25, 0.3) is 10.8 Å². The first-order chi connectivity index (χ1) is 8.43. The summed E-state index contributed by atoms with van der Waals surface area (Å²) in [7, 11) is 0. The van der Waals surface area contributed by atoms with Crippen LogP contribution < -0.4 is 5.32 Å². The summed E-state index contributed by atoms with van der Waals surface area (Å²) in [5.41, 5.74) is 1.25. The Kier molecular flexibility index (Phi) is 2.97. The molecule has 0 amide bonds. The fourth-order valence-corrected chi connectivity index (χ4v) is 2.41. The van der Waals surface area contributed by atoms with Crippen LogP contribution >= 0.6 is 0 Å². The minimum Gasteiger partial charge on any atom is -0.382 e. The molecule has 0 unspecified atom stereocenters. The van der Waals surface area contributed by atoms with Crippen molar-refractivity contribution in [3.8, 4) is 0 Å². The van der Waals surface area contributed by atoms with Gasteiger partial charge in [0.2, 0.25) is 0 Å². The van der Waals surface area contributed by atoms with Crippen LogP contribution in [-0.2, 0) is 4.74 Å². The van der Waals surface area contributed by atoms with E-state index in [0.717, 1.165) is 26.1 Å². The molecule has 0 aliphatic carbocycles. The second kappa shape index (κ2) is 4.76. The van der Waals surface area contributed by atoms with Crippen LogP contribution in [-0.4, -0.2) is 19.3 Å². The molecule has 1 saturated heterocycles. The summed E-state index contributed by atoms with van der Waals surface area (Å²) in [5, 5.41) is 6.25. The van der Waals surface area contributed by atoms with Gasteiger partial charge in [0.1, 0.15) is 0 Å². The summed E-state index contributed by atoms with van der Waals surface area (Å²) in [4.78, 5) is 0. The van der Waals surface area contributed by atoms with Crippen molar-refractivity contribution in [3.63, 3.8) is 0 Å². The predicted octanol–water partition coefficient (Wildman–Crippen LogP) is 3.43. The molecule has 2 heteroatoms. The molecule has 1 fully saturated rings. The number of nitrogens with one attached hydrogen (secondary N) is 1. The second-order valence-corrected chi connectivity index (χ2v) is 4.56. The Morgan fingerprint density at radius 2 is 1.71 bits per heavy atom. The summed E-state index contributed by atoms with van der Waals surface area (Å²) in [6, 6.07) is 15.5. The van der Waals surface area contributed by atoms with E-state index in [0.29, 0.717) is 6.04 Å². The van der Waals surface area contributed by atoms with Crippen LogP contribution in [0.4, 0.5) is 5.69 Å². The number of anilines is 1. The monoisotopic (exact) mass is 227 g/mol. The molecule has 0 aromatic heterocycles. The number of rotatable bonds is 2. The summed E-state index contributed by atoms with van der Waals surface area (Å²) in [6.45, 7) is 1.75. The Morgan fingerprint density at radius 1 is 0.941 bits per heavy atom. The van der Waals surface area contributed by atoms with Crippen molar-refractivity contribution in [3.05, 3.63) is 42.5 Å². The van der Waals surface area contributed by atoms with Gasteiger partial charge in [-0.1, -0.05) is 36.4 Å². The lowest BCUT2D eigenvalue weighted by Crippen LogP contribution is -2.27. The van der Waals surface area contributed by atoms with Crippen LogP contribution in [0, 0.1) is 0 Å². The van der Waals surface area contributed by atoms with Crippen molar-refractivity contribution in [2.24, 2.45) is 0 Å². The van der Waals surface area contributed by atoms with E-state index in [4.69, 9.17) is 4.74 Å². The Morgan fingerprint density at radius 3 is 2.59 bits per heavy atom. The van der Waals surface area contributed by atoms with E-state index in [1.54, 1.807) is 0 Å². The van der Waals surface area contributed by atoms with Gasteiger partial charge in [-0.3, -0.25) is 0 Å². The zero-order valence-corrected chi connectivity index (χ0v) is 9.86. The van der Waals surface area contributed by atoms with Crippen molar-refractivity contribution >= 4 is 16.5 Å². The number of hydrogen-bond acceptors (Lipinski definition) is 2. The van der Waals surface area contributed by atoms with E-state index in [9.17, 15) is 0 Å². The lowest BCUT2D eigenvalue weighted by atomic mass is 10.1. The molecule has 0 atom stereocenters. The summed E-state index contributed by atoms with van der Waals surface area (Å²) in [5.74, 6) is 0. The molecule has 0 saturated carbocycles. The van der Waals surface area contributed by atoms with Gasteiger partial charge in [0.15, 0.2) is 0 Å². The fraction of sp³-hybridized carbons (Fsp3) is 0.333. The van der Waals surface area contributed by atoms with E-state index in [1.807, 2.05) is 0 Å². The highest BCUT2D eigenvalue weighted by atomic mass is 16.5. The molecular weight excluding hydrogens is 210 g/mol. The average molecular weight is 227 g/mol. The summed E-state index contributed by atoms with van der Waals surface area (Å²) in [6.07, 6.45) is 2.20. The van der Waals surface area contributed by atoms with Crippen molar-refractivity contribution in [1.29, 1.82) is 0 Å². The maximum absolute atomic E-state index is 5.38. The first kappa shape index (κ1) is 10.6. The molecule has 2 nitrogen and oxygen atoms in total. The van der Waals surface area contributed by atoms with E-state index >= 15 is 0 Å². The molecule has 17 heavy (non-hydrogen) atoms. The van der Waals surface area contributed by atoms with E-state index in [1.165, 1.54) is 16.5 Å². The van der Waals surface area contributed by atoms with E-state index < -0.39 is 0 Å². The van der Waals surface area contributed by atoms with Crippen LogP contribution in [0.1, 0.15) is 12.8 Å². The van der Waals surface area contributed by atoms with E-state index in [2.05, 4.69) is 47.8 Å². The molecular formula is C15H17NO. The highest BCUT2D eigenvalue weighted by Gasteiger charge is 2.13. The van der Waals surface area contributed by atoms with Crippen molar-refractivity contribution in [1.82, 2.24) is 0 Å². The van der Waals surface area contributed by atoms with Gasteiger partial charge in [-0.15, -0.1) is 0 Å². The largest absolute Gasteiger partial charge is 0.382 e. The zero-order valence-electron chi connectivity index (χ0n) is 9.86. The Bertz CT molecular complexity index is 498. The SMILES string of the molecule is c1ccc2c(NC3CCOCC3)cccc2c1. The molecule has 2 aromatic rings. The van der Waals surface area contributed by atoms with Crippen LogP contribution in [0.15, 0.2) is 42.5 Å².